The lowest BCUT2D eigenvalue weighted by Crippen LogP contribution is -2.60. The number of Topliss-reactive ketones (excluding diaryl/α,β-unsaturated/α-hetero) is 1. The average Bonchev–Trinajstić information content (AvgIpc) is 2.97. The summed E-state index contributed by atoms with van der Waals surface area (Å²) in [5, 5.41) is 40.1. The number of carbonyl (C=O) groups excluding carboxylic acids is 2. The molecule has 0 aromatic rings. The van der Waals surface area contributed by atoms with Gasteiger partial charge >= 0.3 is 5.97 Å². The highest BCUT2D eigenvalue weighted by Crippen LogP contribution is 2.37. The third-order valence-corrected chi connectivity index (χ3v) is 9.86. The molecule has 260 valence electrons. The average molecular weight is 644 g/mol. The lowest BCUT2D eigenvalue weighted by atomic mass is 9.79. The summed E-state index contributed by atoms with van der Waals surface area (Å²) in [5.74, 6) is -3.60. The van der Waals surface area contributed by atoms with E-state index in [-0.39, 0.29) is 49.5 Å². The maximum absolute atomic E-state index is 14.1. The first-order valence-electron chi connectivity index (χ1n) is 16.3. The quantitative estimate of drug-likeness (QED) is 0.152. The van der Waals surface area contributed by atoms with Gasteiger partial charge in [-0.2, -0.15) is 0 Å². The Morgan fingerprint density at radius 1 is 1.11 bits per heavy atom. The number of oxime groups is 1. The lowest BCUT2D eigenvalue weighted by molar-refractivity contribution is -0.296. The molecule has 4 fully saturated rings. The highest BCUT2D eigenvalue weighted by atomic mass is 16.7. The summed E-state index contributed by atoms with van der Waals surface area (Å²) in [6.07, 6.45) is -4.01. The highest BCUT2D eigenvalue weighted by Gasteiger charge is 2.51. The molecule has 13 nitrogen and oxygen atoms in total. The van der Waals surface area contributed by atoms with Gasteiger partial charge in [0.15, 0.2) is 12.1 Å². The molecule has 0 saturated carbocycles. The number of carbonyl (C=O) groups is 2. The van der Waals surface area contributed by atoms with E-state index in [0.29, 0.717) is 19.4 Å². The van der Waals surface area contributed by atoms with Gasteiger partial charge in [0.2, 0.25) is 0 Å². The van der Waals surface area contributed by atoms with Crippen molar-refractivity contribution in [2.45, 2.75) is 135 Å². The number of hydrogen-bond acceptors (Lipinski definition) is 13. The SMILES string of the molecule is CC[C@H]1OC(=O)[C@H](C)C(=O)[C@H](C)[C@@H](O[C@@H]2O[C@H](C)C[C@H](N(C)C)[C@H]2O)[C@@]2(C)C[C@@H](C)NC[C@H](C)[C@H](OC/C(=N\O)CO2)[C@]1(C)O. The van der Waals surface area contributed by atoms with Crippen LogP contribution in [0.5, 0.6) is 0 Å². The summed E-state index contributed by atoms with van der Waals surface area (Å²) in [6, 6.07) is -0.441. The molecule has 0 radical (unpaired) electrons. The standard InChI is InChI=1S/C32H57N3O10/c1-11-24-32(8,39)27-17(2)14-33-18(3)13-31(7,42-16-22(34-40)15-41-27)28(20(5)25(36)21(6)29(38)44-24)45-30-26(37)23(35(9)10)12-19(4)43-30/h17-21,23-24,26-28,30,33,37,39-40H,11-16H2,1-10H3/b34-22+/t17-,18+,19+,20-,21+,23-,24+,26+,27-,28+,30-,31+,32+/m0/s1. The topological polar surface area (TPSA) is 169 Å². The van der Waals surface area contributed by atoms with E-state index in [4.69, 9.17) is 23.7 Å². The molecule has 4 aliphatic heterocycles. The predicted molar refractivity (Wildman–Crippen MR) is 166 cm³/mol. The number of likely N-dealkylation sites (N-methyl/N-ethyl adjacent to an activating group) is 1. The fourth-order valence-corrected chi connectivity index (χ4v) is 7.16. The minimum absolute atomic E-state index is 0.164. The summed E-state index contributed by atoms with van der Waals surface area (Å²) in [5.41, 5.74) is -2.70. The fourth-order valence-electron chi connectivity index (χ4n) is 7.16. The highest BCUT2D eigenvalue weighted by molar-refractivity contribution is 6.00. The molecule has 45 heavy (non-hydrogen) atoms. The van der Waals surface area contributed by atoms with Crippen molar-refractivity contribution in [3.05, 3.63) is 0 Å². The maximum Gasteiger partial charge on any atom is 0.316 e. The molecule has 13 heteroatoms. The number of aliphatic hydroxyl groups is 2. The van der Waals surface area contributed by atoms with Gasteiger partial charge in [0.05, 0.1) is 37.1 Å². The van der Waals surface area contributed by atoms with Crippen LogP contribution in [0.1, 0.15) is 74.7 Å². The lowest BCUT2D eigenvalue weighted by Gasteiger charge is -2.47. The number of fused-ring (bicyclic) bond motifs is 15. The van der Waals surface area contributed by atoms with Crippen molar-refractivity contribution in [2.75, 3.05) is 33.9 Å². The van der Waals surface area contributed by atoms with Crippen molar-refractivity contribution in [2.24, 2.45) is 22.9 Å². The summed E-state index contributed by atoms with van der Waals surface area (Å²) >= 11 is 0. The van der Waals surface area contributed by atoms with Crippen LogP contribution in [0.4, 0.5) is 0 Å². The molecular formula is C32H57N3O10. The summed E-state index contributed by atoms with van der Waals surface area (Å²) in [6.45, 7) is 14.2. The summed E-state index contributed by atoms with van der Waals surface area (Å²) < 4.78 is 31.3. The van der Waals surface area contributed by atoms with Crippen molar-refractivity contribution in [3.8, 4) is 0 Å². The second kappa shape index (κ2) is 15.5. The third-order valence-electron chi connectivity index (χ3n) is 9.86. The Morgan fingerprint density at radius 2 is 1.78 bits per heavy atom. The van der Waals surface area contributed by atoms with E-state index in [1.165, 1.54) is 6.92 Å². The van der Waals surface area contributed by atoms with Gasteiger partial charge in [0.1, 0.15) is 29.4 Å². The van der Waals surface area contributed by atoms with Crippen molar-refractivity contribution in [1.82, 2.24) is 10.2 Å². The van der Waals surface area contributed by atoms with E-state index in [0.717, 1.165) is 0 Å². The van der Waals surface area contributed by atoms with Gasteiger partial charge in [-0.15, -0.1) is 0 Å². The van der Waals surface area contributed by atoms with Crippen LogP contribution in [0.3, 0.4) is 0 Å². The van der Waals surface area contributed by atoms with Crippen LogP contribution >= 0.6 is 0 Å². The molecule has 2 bridgehead atoms. The zero-order valence-corrected chi connectivity index (χ0v) is 28.7. The molecular weight excluding hydrogens is 586 g/mol. The Morgan fingerprint density at radius 3 is 2.38 bits per heavy atom. The van der Waals surface area contributed by atoms with Gasteiger partial charge < -0.3 is 49.3 Å². The Kier molecular flexibility index (Phi) is 13.0. The van der Waals surface area contributed by atoms with Crippen LogP contribution < -0.4 is 5.32 Å². The zero-order chi connectivity index (χ0) is 33.9. The van der Waals surface area contributed by atoms with Gasteiger partial charge in [0, 0.05) is 24.5 Å². The number of nitrogens with zero attached hydrogens (tertiary/aromatic N) is 2. The monoisotopic (exact) mass is 643 g/mol. The van der Waals surface area contributed by atoms with Gasteiger partial charge in [-0.1, -0.05) is 25.9 Å². The first-order chi connectivity index (χ1) is 21.0. The van der Waals surface area contributed by atoms with Gasteiger partial charge in [0.25, 0.3) is 0 Å². The molecule has 0 unspecified atom stereocenters. The number of esters is 1. The van der Waals surface area contributed by atoms with Gasteiger partial charge in [-0.3, -0.25) is 9.59 Å². The number of aliphatic hydroxyl groups excluding tert-OH is 1. The van der Waals surface area contributed by atoms with E-state index in [1.54, 1.807) is 20.8 Å². The molecule has 0 amide bonds. The minimum Gasteiger partial charge on any atom is -0.459 e. The van der Waals surface area contributed by atoms with Crippen molar-refractivity contribution in [1.29, 1.82) is 0 Å². The number of nitrogens with one attached hydrogen (secondary N) is 1. The van der Waals surface area contributed by atoms with Crippen molar-refractivity contribution in [3.63, 3.8) is 0 Å². The minimum atomic E-state index is -1.65. The van der Waals surface area contributed by atoms with Gasteiger partial charge in [-0.05, 0) is 73.9 Å². The molecule has 4 N–H and O–H groups in total. The zero-order valence-electron chi connectivity index (χ0n) is 28.7. The molecule has 0 aromatic heterocycles. The normalized spacial score (nSPS) is 45.7. The number of ketones is 1. The molecule has 0 spiro atoms. The molecule has 4 saturated heterocycles. The number of ether oxygens (including phenoxy) is 5. The summed E-state index contributed by atoms with van der Waals surface area (Å²) in [7, 11) is 3.75. The van der Waals surface area contributed by atoms with Crippen LogP contribution in [-0.2, 0) is 33.3 Å². The summed E-state index contributed by atoms with van der Waals surface area (Å²) in [4.78, 5) is 29.5. The molecule has 4 heterocycles. The Balaban J connectivity index is 2.18. The predicted octanol–water partition coefficient (Wildman–Crippen LogP) is 1.73. The first kappa shape index (κ1) is 37.7. The molecule has 4 rings (SSSR count). The Bertz CT molecular complexity index is 1040. The maximum atomic E-state index is 14.1. The smallest absolute Gasteiger partial charge is 0.316 e. The Hall–Kier alpha value is -1.71. The van der Waals surface area contributed by atoms with Gasteiger partial charge in [-0.25, -0.2) is 0 Å². The van der Waals surface area contributed by atoms with E-state index in [9.17, 15) is 25.0 Å². The van der Waals surface area contributed by atoms with Crippen LogP contribution in [0.15, 0.2) is 5.16 Å². The van der Waals surface area contributed by atoms with Crippen LogP contribution in [0.25, 0.3) is 0 Å². The molecule has 4 aliphatic rings. The second-order valence-corrected chi connectivity index (χ2v) is 14.1. The first-order valence-corrected chi connectivity index (χ1v) is 16.3. The van der Waals surface area contributed by atoms with Crippen LogP contribution in [0, 0.1) is 17.8 Å². The van der Waals surface area contributed by atoms with Crippen LogP contribution in [0.2, 0.25) is 0 Å². The van der Waals surface area contributed by atoms with E-state index >= 15 is 0 Å². The third kappa shape index (κ3) is 8.61. The number of hydrogen-bond donors (Lipinski definition) is 4. The van der Waals surface area contributed by atoms with E-state index < -0.39 is 65.5 Å². The fraction of sp³-hybridized carbons (Fsp3) is 0.906. The molecule has 13 atom stereocenters. The Labute approximate surface area is 267 Å². The van der Waals surface area contributed by atoms with Crippen molar-refractivity contribution >= 4 is 17.5 Å². The van der Waals surface area contributed by atoms with E-state index in [1.807, 2.05) is 46.7 Å². The largest absolute Gasteiger partial charge is 0.459 e. The molecule has 0 aliphatic carbocycles. The van der Waals surface area contributed by atoms with Crippen LogP contribution in [-0.4, -0.2) is 132 Å². The van der Waals surface area contributed by atoms with Crippen molar-refractivity contribution < 1.29 is 48.7 Å². The van der Waals surface area contributed by atoms with E-state index in [2.05, 4.69) is 10.5 Å². The second-order valence-electron chi connectivity index (χ2n) is 14.1. The molecule has 0 aromatic carbocycles. The number of rotatable bonds is 4.